The van der Waals surface area contributed by atoms with Gasteiger partial charge in [0.1, 0.15) is 12.2 Å². The highest BCUT2D eigenvalue weighted by molar-refractivity contribution is 14.1. The molecule has 3 nitrogen and oxygen atoms in total. The van der Waals surface area contributed by atoms with Crippen LogP contribution >= 0.6 is 22.6 Å². The van der Waals surface area contributed by atoms with Gasteiger partial charge in [-0.25, -0.2) is 15.0 Å². The van der Waals surface area contributed by atoms with Gasteiger partial charge in [-0.3, -0.25) is 0 Å². The van der Waals surface area contributed by atoms with Gasteiger partial charge in [0, 0.05) is 28.5 Å². The van der Waals surface area contributed by atoms with Gasteiger partial charge in [0.25, 0.3) is 0 Å². The molecule has 0 unspecified atom stereocenters. The fraction of sp³-hybridized carbons (Fsp3) is 0.500. The molecule has 0 radical (unpaired) electrons. The van der Waals surface area contributed by atoms with Crippen LogP contribution in [-0.2, 0) is 0 Å². The van der Waals surface area contributed by atoms with Gasteiger partial charge in [0.15, 0.2) is 3.83 Å². The Hall–Kier alpha value is -0.260. The molecule has 0 saturated heterocycles. The molecule has 10 heavy (non-hydrogen) atoms. The average molecular weight is 247 g/mol. The van der Waals surface area contributed by atoms with Crippen LogP contribution in [0.2, 0.25) is 0 Å². The topological polar surface area (TPSA) is 38.7 Å². The van der Waals surface area contributed by atoms with Gasteiger partial charge in [-0.15, -0.1) is 0 Å². The normalized spacial score (nSPS) is 17.3. The summed E-state index contributed by atoms with van der Waals surface area (Å²) in [7, 11) is 0. The second-order valence-electron chi connectivity index (χ2n) is 2.39. The van der Waals surface area contributed by atoms with Crippen molar-refractivity contribution >= 4 is 22.6 Å². The standard InChI is InChI=1S/C6H6IN3/c7-6-9-3-8-5(10-6)4-1-2-4/h3-4H,1-2H2. The first-order valence-corrected chi connectivity index (χ1v) is 4.28. The highest BCUT2D eigenvalue weighted by Crippen LogP contribution is 2.37. The van der Waals surface area contributed by atoms with Crippen LogP contribution in [0.1, 0.15) is 24.6 Å². The number of nitrogens with zero attached hydrogens (tertiary/aromatic N) is 3. The lowest BCUT2D eigenvalue weighted by Gasteiger charge is -1.93. The molecular formula is C6H6IN3. The quantitative estimate of drug-likeness (QED) is 0.703. The van der Waals surface area contributed by atoms with Gasteiger partial charge in [0.05, 0.1) is 0 Å². The minimum absolute atomic E-state index is 0.636. The minimum Gasteiger partial charge on any atom is -0.221 e. The van der Waals surface area contributed by atoms with Crippen LogP contribution in [-0.4, -0.2) is 15.0 Å². The van der Waals surface area contributed by atoms with Crippen molar-refractivity contribution in [2.45, 2.75) is 18.8 Å². The lowest BCUT2D eigenvalue weighted by Crippen LogP contribution is -1.95. The molecule has 0 amide bonds. The Labute approximate surface area is 72.4 Å². The highest BCUT2D eigenvalue weighted by Gasteiger charge is 2.26. The van der Waals surface area contributed by atoms with Crippen molar-refractivity contribution in [2.24, 2.45) is 0 Å². The van der Waals surface area contributed by atoms with Crippen molar-refractivity contribution in [1.82, 2.24) is 15.0 Å². The zero-order chi connectivity index (χ0) is 6.97. The van der Waals surface area contributed by atoms with E-state index >= 15 is 0 Å². The molecule has 0 N–H and O–H groups in total. The summed E-state index contributed by atoms with van der Waals surface area (Å²) in [5.74, 6) is 1.61. The maximum absolute atomic E-state index is 4.20. The Morgan fingerprint density at radius 3 is 2.80 bits per heavy atom. The first-order chi connectivity index (χ1) is 4.86. The van der Waals surface area contributed by atoms with Crippen LogP contribution in [0.4, 0.5) is 0 Å². The predicted octanol–water partition coefficient (Wildman–Crippen LogP) is 1.35. The minimum atomic E-state index is 0.636. The van der Waals surface area contributed by atoms with Crippen LogP contribution in [0.15, 0.2) is 6.33 Å². The van der Waals surface area contributed by atoms with Crippen molar-refractivity contribution in [2.75, 3.05) is 0 Å². The van der Waals surface area contributed by atoms with Gasteiger partial charge < -0.3 is 0 Å². The summed E-state index contributed by atoms with van der Waals surface area (Å²) in [5, 5.41) is 0. The molecule has 1 aliphatic carbocycles. The number of aromatic nitrogens is 3. The van der Waals surface area contributed by atoms with E-state index in [1.807, 2.05) is 0 Å². The van der Waals surface area contributed by atoms with E-state index in [1.165, 1.54) is 12.8 Å². The van der Waals surface area contributed by atoms with E-state index < -0.39 is 0 Å². The fourth-order valence-electron chi connectivity index (χ4n) is 0.826. The van der Waals surface area contributed by atoms with E-state index in [1.54, 1.807) is 6.33 Å². The molecule has 1 fully saturated rings. The number of hydrogen-bond acceptors (Lipinski definition) is 3. The Balaban J connectivity index is 2.32. The molecular weight excluding hydrogens is 241 g/mol. The van der Waals surface area contributed by atoms with Crippen molar-refractivity contribution in [3.63, 3.8) is 0 Å². The first kappa shape index (κ1) is 6.45. The largest absolute Gasteiger partial charge is 0.221 e. The van der Waals surface area contributed by atoms with E-state index in [0.717, 1.165) is 9.66 Å². The maximum atomic E-state index is 4.20. The summed E-state index contributed by atoms with van der Waals surface area (Å²) in [5.41, 5.74) is 0. The summed E-state index contributed by atoms with van der Waals surface area (Å²) in [6, 6.07) is 0. The fourth-order valence-corrected chi connectivity index (χ4v) is 1.20. The molecule has 1 saturated carbocycles. The molecule has 0 spiro atoms. The van der Waals surface area contributed by atoms with Crippen molar-refractivity contribution in [3.8, 4) is 0 Å². The zero-order valence-electron chi connectivity index (χ0n) is 5.29. The van der Waals surface area contributed by atoms with Gasteiger partial charge in [-0.1, -0.05) is 0 Å². The Morgan fingerprint density at radius 1 is 1.40 bits per heavy atom. The number of hydrogen-bond donors (Lipinski definition) is 0. The van der Waals surface area contributed by atoms with Crippen LogP contribution in [0.3, 0.4) is 0 Å². The van der Waals surface area contributed by atoms with E-state index in [0.29, 0.717) is 5.92 Å². The monoisotopic (exact) mass is 247 g/mol. The molecule has 0 aliphatic heterocycles. The molecule has 0 atom stereocenters. The third kappa shape index (κ3) is 1.25. The lowest BCUT2D eigenvalue weighted by molar-refractivity contribution is 0.865. The third-order valence-corrected chi connectivity index (χ3v) is 2.02. The number of rotatable bonds is 1. The average Bonchev–Trinajstić information content (AvgIpc) is 2.68. The van der Waals surface area contributed by atoms with Crippen LogP contribution in [0.5, 0.6) is 0 Å². The van der Waals surface area contributed by atoms with Gasteiger partial charge in [-0.05, 0) is 12.8 Å². The molecule has 4 heteroatoms. The second kappa shape index (κ2) is 2.41. The summed E-state index contributed by atoms with van der Waals surface area (Å²) in [4.78, 5) is 12.2. The smallest absolute Gasteiger partial charge is 0.193 e. The molecule has 1 aromatic heterocycles. The summed E-state index contributed by atoms with van der Waals surface area (Å²) < 4.78 is 0.800. The Bertz CT molecular complexity index is 247. The molecule has 1 aliphatic rings. The lowest BCUT2D eigenvalue weighted by atomic mass is 10.4. The van der Waals surface area contributed by atoms with Crippen molar-refractivity contribution in [1.29, 1.82) is 0 Å². The highest BCUT2D eigenvalue weighted by atomic mass is 127. The number of halogens is 1. The van der Waals surface area contributed by atoms with Gasteiger partial charge in [-0.2, -0.15) is 0 Å². The van der Waals surface area contributed by atoms with Crippen LogP contribution in [0, 0.1) is 3.83 Å². The maximum Gasteiger partial charge on any atom is 0.193 e. The van der Waals surface area contributed by atoms with E-state index in [-0.39, 0.29) is 0 Å². The Morgan fingerprint density at radius 2 is 2.20 bits per heavy atom. The van der Waals surface area contributed by atoms with Crippen molar-refractivity contribution < 1.29 is 0 Å². The van der Waals surface area contributed by atoms with E-state index in [4.69, 9.17) is 0 Å². The van der Waals surface area contributed by atoms with E-state index in [9.17, 15) is 0 Å². The molecule has 0 bridgehead atoms. The van der Waals surface area contributed by atoms with Gasteiger partial charge in [0.2, 0.25) is 0 Å². The van der Waals surface area contributed by atoms with Crippen LogP contribution < -0.4 is 0 Å². The van der Waals surface area contributed by atoms with Gasteiger partial charge >= 0.3 is 0 Å². The SMILES string of the molecule is Ic1ncnc(C2CC2)n1. The molecule has 1 aromatic rings. The van der Waals surface area contributed by atoms with Crippen molar-refractivity contribution in [3.05, 3.63) is 16.0 Å². The first-order valence-electron chi connectivity index (χ1n) is 3.20. The summed E-state index contributed by atoms with van der Waals surface area (Å²) in [6.07, 6.45) is 4.09. The Kier molecular flexibility index (Phi) is 1.55. The van der Waals surface area contributed by atoms with E-state index in [2.05, 4.69) is 37.5 Å². The summed E-state index contributed by atoms with van der Waals surface area (Å²) in [6.45, 7) is 0. The second-order valence-corrected chi connectivity index (χ2v) is 3.35. The van der Waals surface area contributed by atoms with Crippen LogP contribution in [0.25, 0.3) is 0 Å². The predicted molar refractivity (Wildman–Crippen MR) is 44.5 cm³/mol. The third-order valence-electron chi connectivity index (χ3n) is 1.50. The molecule has 2 rings (SSSR count). The zero-order valence-corrected chi connectivity index (χ0v) is 7.45. The molecule has 0 aromatic carbocycles. The molecule has 52 valence electrons. The molecule has 1 heterocycles. The summed E-state index contributed by atoms with van der Waals surface area (Å²) >= 11 is 2.10.